The summed E-state index contributed by atoms with van der Waals surface area (Å²) in [7, 11) is 2.90. The molecule has 1 aliphatic rings. The number of ether oxygens (including phenoxy) is 2. The highest BCUT2D eigenvalue weighted by Gasteiger charge is 2.32. The van der Waals surface area contributed by atoms with Gasteiger partial charge in [-0.1, -0.05) is 0 Å². The van der Waals surface area contributed by atoms with Gasteiger partial charge in [-0.15, -0.1) is 0 Å². The molecule has 0 amide bonds. The number of methoxy groups -OCH3 is 2. The number of hydrogen-bond donors (Lipinski definition) is 2. The summed E-state index contributed by atoms with van der Waals surface area (Å²) in [6.45, 7) is 0. The van der Waals surface area contributed by atoms with Crippen molar-refractivity contribution >= 4 is 22.9 Å². The maximum atomic E-state index is 12.8. The Balaban J connectivity index is 2.05. The maximum absolute atomic E-state index is 12.8. The number of hydrogen-bond acceptors (Lipinski definition) is 6. The van der Waals surface area contributed by atoms with Gasteiger partial charge in [0.05, 0.1) is 31.0 Å². The van der Waals surface area contributed by atoms with Gasteiger partial charge in [0.15, 0.2) is 5.78 Å². The third-order valence-corrected chi connectivity index (χ3v) is 3.75. The zero-order chi connectivity index (χ0) is 17.3. The Morgan fingerprint density at radius 1 is 0.875 bits per heavy atom. The lowest BCUT2D eigenvalue weighted by molar-refractivity contribution is 0.0980. The average molecular weight is 324 g/mol. The van der Waals surface area contributed by atoms with Gasteiger partial charge in [-0.05, 0) is 36.4 Å². The molecular formula is C18H16N2O4. The van der Waals surface area contributed by atoms with Crippen molar-refractivity contribution < 1.29 is 19.1 Å². The van der Waals surface area contributed by atoms with E-state index in [9.17, 15) is 9.59 Å². The zero-order valence-corrected chi connectivity index (χ0v) is 13.3. The van der Waals surface area contributed by atoms with Gasteiger partial charge in [-0.25, -0.2) is 0 Å². The number of carbonyl (C=O) groups excluding carboxylic acids is 2. The lowest BCUT2D eigenvalue weighted by Crippen LogP contribution is -2.23. The predicted octanol–water partition coefficient (Wildman–Crippen LogP) is 2.66. The number of nitrogens with two attached hydrogens (primary N) is 1. The van der Waals surface area contributed by atoms with E-state index in [0.717, 1.165) is 0 Å². The number of nitrogens with one attached hydrogen (secondary N) is 1. The Morgan fingerprint density at radius 2 is 1.46 bits per heavy atom. The zero-order valence-electron chi connectivity index (χ0n) is 13.3. The van der Waals surface area contributed by atoms with E-state index in [2.05, 4.69) is 5.32 Å². The Hall–Kier alpha value is -3.28. The molecule has 0 saturated carbocycles. The Morgan fingerprint density at radius 3 is 2.04 bits per heavy atom. The first-order chi connectivity index (χ1) is 11.5. The normalized spacial score (nSPS) is 13.2. The highest BCUT2D eigenvalue weighted by atomic mass is 16.5. The molecular weight excluding hydrogens is 308 g/mol. The smallest absolute Gasteiger partial charge is 0.213 e. The number of benzene rings is 2. The van der Waals surface area contributed by atoms with Crippen molar-refractivity contribution in [2.75, 3.05) is 25.3 Å². The van der Waals surface area contributed by atoms with Crippen LogP contribution in [0.15, 0.2) is 48.2 Å². The molecule has 0 aromatic heterocycles. The number of ketones is 2. The van der Waals surface area contributed by atoms with Crippen LogP contribution in [0.4, 0.5) is 11.4 Å². The van der Waals surface area contributed by atoms with E-state index in [0.29, 0.717) is 22.9 Å². The largest absolute Gasteiger partial charge is 0.496 e. The molecule has 24 heavy (non-hydrogen) atoms. The molecule has 6 nitrogen and oxygen atoms in total. The quantitative estimate of drug-likeness (QED) is 0.840. The van der Waals surface area contributed by atoms with Crippen LogP contribution in [-0.4, -0.2) is 25.8 Å². The summed E-state index contributed by atoms with van der Waals surface area (Å²) in [5.74, 6) is 0.0104. The van der Waals surface area contributed by atoms with Crippen molar-refractivity contribution in [1.29, 1.82) is 0 Å². The minimum absolute atomic E-state index is 0.170. The van der Waals surface area contributed by atoms with Crippen LogP contribution in [0.25, 0.3) is 0 Å². The first kappa shape index (κ1) is 15.6. The number of anilines is 2. The Bertz CT molecular complexity index is 854. The maximum Gasteiger partial charge on any atom is 0.213 e. The molecule has 0 fully saturated rings. The lowest BCUT2D eigenvalue weighted by Gasteiger charge is -2.20. The van der Waals surface area contributed by atoms with Crippen molar-refractivity contribution in [2.45, 2.75) is 0 Å². The lowest BCUT2D eigenvalue weighted by atomic mass is 9.90. The van der Waals surface area contributed by atoms with Gasteiger partial charge in [-0.3, -0.25) is 9.59 Å². The molecule has 0 saturated heterocycles. The van der Waals surface area contributed by atoms with E-state index in [1.54, 1.807) is 36.4 Å². The first-order valence-electron chi connectivity index (χ1n) is 7.23. The third kappa shape index (κ3) is 2.58. The Labute approximate surface area is 138 Å². The van der Waals surface area contributed by atoms with Gasteiger partial charge in [-0.2, -0.15) is 0 Å². The summed E-state index contributed by atoms with van der Waals surface area (Å²) >= 11 is 0. The molecule has 0 heterocycles. The van der Waals surface area contributed by atoms with Crippen LogP contribution in [0.5, 0.6) is 11.5 Å². The Kier molecular flexibility index (Phi) is 3.95. The van der Waals surface area contributed by atoms with Gasteiger partial charge in [0.1, 0.15) is 11.5 Å². The average Bonchev–Trinajstić information content (AvgIpc) is 2.60. The summed E-state index contributed by atoms with van der Waals surface area (Å²) in [6, 6.07) is 10.1. The highest BCUT2D eigenvalue weighted by Crippen LogP contribution is 2.36. The first-order valence-corrected chi connectivity index (χ1v) is 7.23. The fourth-order valence-electron chi connectivity index (χ4n) is 2.59. The van der Waals surface area contributed by atoms with Crippen LogP contribution < -0.4 is 20.5 Å². The molecule has 122 valence electrons. The molecule has 6 heteroatoms. The molecule has 0 unspecified atom stereocenters. The summed E-state index contributed by atoms with van der Waals surface area (Å²) in [6.07, 6.45) is 1.27. The molecule has 0 radical (unpaired) electrons. The second-order valence-corrected chi connectivity index (χ2v) is 5.22. The molecule has 0 bridgehead atoms. The van der Waals surface area contributed by atoms with Crippen LogP contribution in [0.2, 0.25) is 0 Å². The van der Waals surface area contributed by atoms with Gasteiger partial charge in [0.25, 0.3) is 0 Å². The minimum atomic E-state index is -0.336. The van der Waals surface area contributed by atoms with E-state index in [-0.39, 0.29) is 28.4 Å². The van der Waals surface area contributed by atoms with Crippen molar-refractivity contribution in [3.8, 4) is 11.5 Å². The molecule has 3 rings (SSSR count). The summed E-state index contributed by atoms with van der Waals surface area (Å²) in [4.78, 5) is 25.3. The van der Waals surface area contributed by atoms with Gasteiger partial charge in [0.2, 0.25) is 5.78 Å². The molecule has 0 atom stereocenters. The van der Waals surface area contributed by atoms with Crippen LogP contribution in [0.1, 0.15) is 20.7 Å². The molecule has 0 spiro atoms. The monoisotopic (exact) mass is 324 g/mol. The molecule has 2 aromatic rings. The molecule has 1 aliphatic carbocycles. The second kappa shape index (κ2) is 6.08. The van der Waals surface area contributed by atoms with E-state index in [4.69, 9.17) is 15.2 Å². The second-order valence-electron chi connectivity index (χ2n) is 5.22. The van der Waals surface area contributed by atoms with Crippen molar-refractivity contribution in [2.24, 2.45) is 0 Å². The molecule has 0 aliphatic heterocycles. The van der Waals surface area contributed by atoms with E-state index >= 15 is 0 Å². The van der Waals surface area contributed by atoms with Gasteiger partial charge in [0, 0.05) is 17.5 Å². The highest BCUT2D eigenvalue weighted by molar-refractivity contribution is 6.27. The summed E-state index contributed by atoms with van der Waals surface area (Å²) in [5.41, 5.74) is 7.49. The molecule has 2 aromatic carbocycles. The van der Waals surface area contributed by atoms with Crippen LogP contribution in [-0.2, 0) is 0 Å². The van der Waals surface area contributed by atoms with Crippen molar-refractivity contribution in [1.82, 2.24) is 0 Å². The molecule has 3 N–H and O–H groups in total. The number of Topliss-reactive ketones (excluding diaryl/α,β-unsaturated/α-hetero) is 1. The van der Waals surface area contributed by atoms with Crippen LogP contribution in [0.3, 0.4) is 0 Å². The number of fused-ring (bicyclic) bond motifs is 1. The van der Waals surface area contributed by atoms with Crippen LogP contribution in [0, 0.1) is 0 Å². The fourth-order valence-corrected chi connectivity index (χ4v) is 2.59. The fraction of sp³-hybridized carbons (Fsp3) is 0.111. The third-order valence-electron chi connectivity index (χ3n) is 3.75. The van der Waals surface area contributed by atoms with E-state index < -0.39 is 0 Å². The van der Waals surface area contributed by atoms with Crippen molar-refractivity contribution in [3.05, 3.63) is 59.3 Å². The summed E-state index contributed by atoms with van der Waals surface area (Å²) in [5, 5.41) is 2.96. The van der Waals surface area contributed by atoms with Crippen molar-refractivity contribution in [3.63, 3.8) is 0 Å². The van der Waals surface area contributed by atoms with E-state index in [1.807, 2.05) is 0 Å². The summed E-state index contributed by atoms with van der Waals surface area (Å²) < 4.78 is 10.5. The standard InChI is InChI=1S/C18H16N2O4/c1-23-14-7-8-15(24-2)17-16(14)13(21)9-12(18(17)22)20-11-5-3-10(19)4-6-11/h3-9,20H,19H2,1-2H3. The van der Waals surface area contributed by atoms with Gasteiger partial charge < -0.3 is 20.5 Å². The van der Waals surface area contributed by atoms with E-state index in [1.165, 1.54) is 20.3 Å². The number of allylic oxidation sites excluding steroid dienone is 2. The SMILES string of the molecule is COc1ccc(OC)c2c1C(=O)C=C(Nc1ccc(N)cc1)C2=O. The van der Waals surface area contributed by atoms with Gasteiger partial charge >= 0.3 is 0 Å². The number of nitrogen functional groups attached to an aromatic ring is 1. The topological polar surface area (TPSA) is 90.7 Å². The predicted molar refractivity (Wildman–Crippen MR) is 90.8 cm³/mol. The number of carbonyl (C=O) groups is 2. The number of rotatable bonds is 4. The van der Waals surface area contributed by atoms with Crippen LogP contribution >= 0.6 is 0 Å². The minimum Gasteiger partial charge on any atom is -0.496 e.